The Labute approximate surface area is 94.2 Å². The summed E-state index contributed by atoms with van der Waals surface area (Å²) < 4.78 is 22.5. The van der Waals surface area contributed by atoms with Gasteiger partial charge in [0.2, 0.25) is 0 Å². The lowest BCUT2D eigenvalue weighted by Gasteiger charge is -2.11. The van der Waals surface area contributed by atoms with Gasteiger partial charge in [-0.3, -0.25) is 0 Å². The lowest BCUT2D eigenvalue weighted by molar-refractivity contribution is 0.602. The van der Waals surface area contributed by atoms with E-state index in [0.29, 0.717) is 23.9 Å². The second-order valence-corrected chi connectivity index (χ2v) is 6.20. The van der Waals surface area contributed by atoms with Crippen LogP contribution in [0.3, 0.4) is 0 Å². The highest BCUT2D eigenvalue weighted by Crippen LogP contribution is 2.17. The fraction of sp³-hybridized carbons (Fsp3) is 0.556. The van der Waals surface area contributed by atoms with Crippen LogP contribution in [0, 0.1) is 6.92 Å². The molecule has 6 nitrogen and oxygen atoms in total. The number of hydrogen-bond donors (Lipinski definition) is 2. The third kappa shape index (κ3) is 2.60. The standard InChI is InChI=1S/C9H14N4O2S/c1-6-11-8(10)4-9(12-6)13-7-2-3-16(14,15)5-7/h4,7H,2-3,5H2,1H3,(H3,10,11,12,13)/t7-/m0/s1. The van der Waals surface area contributed by atoms with Crippen molar-refractivity contribution in [3.8, 4) is 0 Å². The van der Waals surface area contributed by atoms with Gasteiger partial charge in [0.25, 0.3) is 0 Å². The smallest absolute Gasteiger partial charge is 0.152 e. The number of nitrogens with two attached hydrogens (primary N) is 1. The Morgan fingerprint density at radius 2 is 2.25 bits per heavy atom. The van der Waals surface area contributed by atoms with E-state index >= 15 is 0 Å². The van der Waals surface area contributed by atoms with Gasteiger partial charge in [0.1, 0.15) is 17.5 Å². The fourth-order valence-corrected chi connectivity index (χ4v) is 3.46. The van der Waals surface area contributed by atoms with Crippen LogP contribution in [0.1, 0.15) is 12.2 Å². The van der Waals surface area contributed by atoms with Gasteiger partial charge in [0.05, 0.1) is 11.5 Å². The summed E-state index contributed by atoms with van der Waals surface area (Å²) in [6.45, 7) is 1.74. The van der Waals surface area contributed by atoms with Crippen molar-refractivity contribution in [1.29, 1.82) is 0 Å². The fourth-order valence-electron chi connectivity index (χ4n) is 1.78. The molecule has 1 aliphatic rings. The number of rotatable bonds is 2. The molecular weight excluding hydrogens is 228 g/mol. The SMILES string of the molecule is Cc1nc(N)cc(N[C@H]2CCS(=O)(=O)C2)n1. The van der Waals surface area contributed by atoms with E-state index in [1.54, 1.807) is 13.0 Å². The van der Waals surface area contributed by atoms with Crippen LogP contribution in [0.5, 0.6) is 0 Å². The molecule has 0 spiro atoms. The van der Waals surface area contributed by atoms with E-state index in [-0.39, 0.29) is 17.5 Å². The number of hydrogen-bond acceptors (Lipinski definition) is 6. The lowest BCUT2D eigenvalue weighted by atomic mass is 10.2. The minimum atomic E-state index is -2.87. The topological polar surface area (TPSA) is 98.0 Å². The molecule has 1 aromatic rings. The molecule has 1 aliphatic heterocycles. The molecule has 1 aromatic heterocycles. The predicted molar refractivity (Wildman–Crippen MR) is 61.9 cm³/mol. The molecule has 88 valence electrons. The minimum Gasteiger partial charge on any atom is -0.384 e. The molecule has 0 unspecified atom stereocenters. The normalized spacial score (nSPS) is 23.2. The van der Waals surface area contributed by atoms with Crippen LogP contribution in [0.4, 0.5) is 11.6 Å². The van der Waals surface area contributed by atoms with Crippen LogP contribution in [0.15, 0.2) is 6.07 Å². The number of sulfone groups is 1. The zero-order valence-electron chi connectivity index (χ0n) is 8.97. The Morgan fingerprint density at radius 1 is 1.50 bits per heavy atom. The molecule has 0 amide bonds. The van der Waals surface area contributed by atoms with Crippen molar-refractivity contribution in [2.75, 3.05) is 22.6 Å². The summed E-state index contributed by atoms with van der Waals surface area (Å²) >= 11 is 0. The second kappa shape index (κ2) is 3.89. The summed E-state index contributed by atoms with van der Waals surface area (Å²) in [5.41, 5.74) is 5.58. The second-order valence-electron chi connectivity index (χ2n) is 3.97. The van der Waals surface area contributed by atoms with E-state index in [1.807, 2.05) is 0 Å². The van der Waals surface area contributed by atoms with Crippen molar-refractivity contribution in [3.05, 3.63) is 11.9 Å². The zero-order valence-corrected chi connectivity index (χ0v) is 9.79. The van der Waals surface area contributed by atoms with Crippen LogP contribution in [0.2, 0.25) is 0 Å². The molecule has 3 N–H and O–H groups in total. The van der Waals surface area contributed by atoms with Gasteiger partial charge in [-0.1, -0.05) is 0 Å². The van der Waals surface area contributed by atoms with Crippen LogP contribution in [0.25, 0.3) is 0 Å². The molecule has 1 fully saturated rings. The van der Waals surface area contributed by atoms with Crippen LogP contribution >= 0.6 is 0 Å². The maximum Gasteiger partial charge on any atom is 0.152 e. The van der Waals surface area contributed by atoms with E-state index in [4.69, 9.17) is 5.73 Å². The van der Waals surface area contributed by atoms with Gasteiger partial charge in [0.15, 0.2) is 9.84 Å². The monoisotopic (exact) mass is 242 g/mol. The number of aromatic nitrogens is 2. The highest BCUT2D eigenvalue weighted by atomic mass is 32.2. The molecule has 0 radical (unpaired) electrons. The molecule has 7 heteroatoms. The van der Waals surface area contributed by atoms with Gasteiger partial charge in [0, 0.05) is 12.1 Å². The average Bonchev–Trinajstić information content (AvgIpc) is 2.43. The van der Waals surface area contributed by atoms with Crippen LogP contribution in [-0.4, -0.2) is 35.9 Å². The Balaban J connectivity index is 2.10. The molecule has 0 aliphatic carbocycles. The maximum atomic E-state index is 11.3. The minimum absolute atomic E-state index is 0.0706. The lowest BCUT2D eigenvalue weighted by Crippen LogP contribution is -2.21. The third-order valence-electron chi connectivity index (χ3n) is 2.44. The van der Waals surface area contributed by atoms with Gasteiger partial charge in [-0.15, -0.1) is 0 Å². The van der Waals surface area contributed by atoms with Crippen molar-refractivity contribution in [3.63, 3.8) is 0 Å². The Morgan fingerprint density at radius 3 is 2.81 bits per heavy atom. The molecule has 16 heavy (non-hydrogen) atoms. The summed E-state index contributed by atoms with van der Waals surface area (Å²) in [5.74, 6) is 1.95. The van der Waals surface area contributed by atoms with E-state index in [1.165, 1.54) is 0 Å². The molecule has 0 bridgehead atoms. The van der Waals surface area contributed by atoms with E-state index in [2.05, 4.69) is 15.3 Å². The summed E-state index contributed by atoms with van der Waals surface area (Å²) in [5, 5.41) is 3.07. The van der Waals surface area contributed by atoms with Crippen molar-refractivity contribution < 1.29 is 8.42 Å². The number of nitrogen functional groups attached to an aromatic ring is 1. The molecule has 1 saturated heterocycles. The molecular formula is C9H14N4O2S. The zero-order chi connectivity index (χ0) is 11.8. The van der Waals surface area contributed by atoms with E-state index in [0.717, 1.165) is 0 Å². The van der Waals surface area contributed by atoms with Crippen molar-refractivity contribution >= 4 is 21.5 Å². The van der Waals surface area contributed by atoms with Gasteiger partial charge in [-0.05, 0) is 13.3 Å². The molecule has 2 rings (SSSR count). The Bertz CT molecular complexity index is 480. The summed E-state index contributed by atoms with van der Waals surface area (Å²) in [7, 11) is -2.87. The number of aryl methyl sites for hydroxylation is 1. The van der Waals surface area contributed by atoms with Gasteiger partial charge in [-0.2, -0.15) is 0 Å². The summed E-state index contributed by atoms with van der Waals surface area (Å²) in [6, 6.07) is 1.54. The number of nitrogens with one attached hydrogen (secondary N) is 1. The summed E-state index contributed by atoms with van der Waals surface area (Å²) in [4.78, 5) is 8.09. The number of nitrogens with zero attached hydrogens (tertiary/aromatic N) is 2. The maximum absolute atomic E-state index is 11.3. The molecule has 0 aromatic carbocycles. The highest BCUT2D eigenvalue weighted by Gasteiger charge is 2.27. The quantitative estimate of drug-likeness (QED) is 0.755. The van der Waals surface area contributed by atoms with Crippen molar-refractivity contribution in [2.45, 2.75) is 19.4 Å². The van der Waals surface area contributed by atoms with Crippen molar-refractivity contribution in [1.82, 2.24) is 9.97 Å². The first-order valence-corrected chi connectivity index (χ1v) is 6.85. The highest BCUT2D eigenvalue weighted by molar-refractivity contribution is 7.91. The van der Waals surface area contributed by atoms with Gasteiger partial charge in [-0.25, -0.2) is 18.4 Å². The van der Waals surface area contributed by atoms with E-state index in [9.17, 15) is 8.42 Å². The largest absolute Gasteiger partial charge is 0.384 e. The summed E-state index contributed by atoms with van der Waals surface area (Å²) in [6.07, 6.45) is 0.616. The molecule has 0 saturated carbocycles. The first kappa shape index (κ1) is 11.1. The predicted octanol–water partition coefficient (Wildman–Crippen LogP) is -0.0338. The Kier molecular flexibility index (Phi) is 2.71. The third-order valence-corrected chi connectivity index (χ3v) is 4.21. The van der Waals surface area contributed by atoms with Crippen molar-refractivity contribution in [2.24, 2.45) is 0 Å². The number of anilines is 2. The van der Waals surface area contributed by atoms with Gasteiger partial charge < -0.3 is 11.1 Å². The van der Waals surface area contributed by atoms with Gasteiger partial charge >= 0.3 is 0 Å². The van der Waals surface area contributed by atoms with Crippen LogP contribution < -0.4 is 11.1 Å². The first-order chi connectivity index (χ1) is 7.44. The first-order valence-electron chi connectivity index (χ1n) is 5.03. The molecule has 2 heterocycles. The molecule has 1 atom stereocenters. The Hall–Kier alpha value is -1.37. The van der Waals surface area contributed by atoms with Crippen LogP contribution in [-0.2, 0) is 9.84 Å². The van der Waals surface area contributed by atoms with E-state index < -0.39 is 9.84 Å². The average molecular weight is 242 g/mol.